The average Bonchev–Trinajstić information content (AvgIpc) is 2.15. The third kappa shape index (κ3) is 6.94. The lowest BCUT2D eigenvalue weighted by molar-refractivity contribution is -0.128. The molecule has 5 nitrogen and oxygen atoms in total. The van der Waals surface area contributed by atoms with Crippen LogP contribution in [0.15, 0.2) is 0 Å². The largest absolute Gasteiger partial charge is 0.394 e. The van der Waals surface area contributed by atoms with Crippen molar-refractivity contribution in [2.75, 3.05) is 13.2 Å². The molecular weight excluding hydrogens is 220 g/mol. The van der Waals surface area contributed by atoms with Crippen LogP contribution in [0, 0.1) is 5.41 Å². The zero-order valence-corrected chi connectivity index (χ0v) is 11.4. The molecule has 0 saturated carbocycles. The van der Waals surface area contributed by atoms with Crippen molar-refractivity contribution in [3.8, 4) is 0 Å². The van der Waals surface area contributed by atoms with Crippen LogP contribution in [0.1, 0.15) is 41.0 Å². The van der Waals surface area contributed by atoms with E-state index in [0.29, 0.717) is 6.54 Å². The predicted molar refractivity (Wildman–Crippen MR) is 66.4 cm³/mol. The third-order valence-corrected chi connectivity index (χ3v) is 2.19. The van der Waals surface area contributed by atoms with E-state index in [-0.39, 0.29) is 24.8 Å². The van der Waals surface area contributed by atoms with Crippen LogP contribution < -0.4 is 10.6 Å². The van der Waals surface area contributed by atoms with E-state index in [2.05, 4.69) is 10.6 Å². The molecule has 3 N–H and O–H groups in total. The quantitative estimate of drug-likeness (QED) is 0.656. The van der Waals surface area contributed by atoms with Gasteiger partial charge in [-0.25, -0.2) is 0 Å². The highest BCUT2D eigenvalue weighted by molar-refractivity contribution is 5.82. The summed E-state index contributed by atoms with van der Waals surface area (Å²) in [5.41, 5.74) is -1.06. The van der Waals surface area contributed by atoms with Crippen LogP contribution in [0.3, 0.4) is 0 Å². The first-order valence-electron chi connectivity index (χ1n) is 5.79. The molecule has 0 rings (SSSR count). The summed E-state index contributed by atoms with van der Waals surface area (Å²) in [7, 11) is 0. The summed E-state index contributed by atoms with van der Waals surface area (Å²) in [6, 6.07) is 0. The van der Waals surface area contributed by atoms with Crippen LogP contribution in [0.5, 0.6) is 0 Å². The van der Waals surface area contributed by atoms with Gasteiger partial charge in [0.1, 0.15) is 0 Å². The van der Waals surface area contributed by atoms with E-state index in [1.807, 2.05) is 20.8 Å². The van der Waals surface area contributed by atoms with E-state index in [9.17, 15) is 9.59 Å². The summed E-state index contributed by atoms with van der Waals surface area (Å²) in [5, 5.41) is 14.4. The van der Waals surface area contributed by atoms with Gasteiger partial charge in [0.15, 0.2) is 0 Å². The molecule has 0 heterocycles. The van der Waals surface area contributed by atoms with Crippen molar-refractivity contribution in [1.82, 2.24) is 10.6 Å². The number of aliphatic hydroxyl groups excluding tert-OH is 1. The summed E-state index contributed by atoms with van der Waals surface area (Å²) in [5.74, 6) is -0.259. The normalized spacial score (nSPS) is 12.1. The van der Waals surface area contributed by atoms with Gasteiger partial charge in [0.05, 0.1) is 12.1 Å². The number of hydrogen-bond acceptors (Lipinski definition) is 3. The second-order valence-electron chi connectivity index (χ2n) is 5.85. The third-order valence-electron chi connectivity index (χ3n) is 2.19. The van der Waals surface area contributed by atoms with Crippen molar-refractivity contribution in [2.45, 2.75) is 46.6 Å². The van der Waals surface area contributed by atoms with Gasteiger partial charge in [-0.2, -0.15) is 0 Å². The number of hydrogen-bond donors (Lipinski definition) is 3. The molecule has 0 bridgehead atoms. The minimum absolute atomic E-state index is 0.0771. The van der Waals surface area contributed by atoms with Crippen LogP contribution in [-0.2, 0) is 9.59 Å². The highest BCUT2D eigenvalue weighted by Gasteiger charge is 2.22. The molecule has 0 unspecified atom stereocenters. The van der Waals surface area contributed by atoms with Gasteiger partial charge >= 0.3 is 0 Å². The van der Waals surface area contributed by atoms with Crippen LogP contribution in [0.2, 0.25) is 0 Å². The average molecular weight is 244 g/mol. The molecule has 0 radical (unpaired) electrons. The van der Waals surface area contributed by atoms with E-state index in [1.165, 1.54) is 0 Å². The minimum Gasteiger partial charge on any atom is -0.394 e. The van der Waals surface area contributed by atoms with Crippen molar-refractivity contribution in [3.63, 3.8) is 0 Å². The number of nitrogens with one attached hydrogen (secondary N) is 2. The van der Waals surface area contributed by atoms with Crippen molar-refractivity contribution in [3.05, 3.63) is 0 Å². The Kier molecular flexibility index (Phi) is 5.61. The second-order valence-corrected chi connectivity index (χ2v) is 5.85. The van der Waals surface area contributed by atoms with Crippen molar-refractivity contribution < 1.29 is 14.7 Å². The molecule has 17 heavy (non-hydrogen) atoms. The number of carbonyl (C=O) groups excluding carboxylic acids is 2. The Bertz CT molecular complexity index is 280. The fourth-order valence-electron chi connectivity index (χ4n) is 1.03. The van der Waals surface area contributed by atoms with E-state index in [0.717, 1.165) is 0 Å². The molecule has 0 atom stereocenters. The summed E-state index contributed by atoms with van der Waals surface area (Å²) in [4.78, 5) is 23.0. The van der Waals surface area contributed by atoms with Gasteiger partial charge < -0.3 is 15.7 Å². The zero-order chi connectivity index (χ0) is 13.7. The topological polar surface area (TPSA) is 78.4 Å². The lowest BCUT2D eigenvalue weighted by Gasteiger charge is -2.23. The summed E-state index contributed by atoms with van der Waals surface area (Å²) < 4.78 is 0. The van der Waals surface area contributed by atoms with Crippen LogP contribution in [0.4, 0.5) is 0 Å². The van der Waals surface area contributed by atoms with Gasteiger partial charge in [0, 0.05) is 18.4 Å². The first-order chi connectivity index (χ1) is 7.58. The maximum absolute atomic E-state index is 11.5. The van der Waals surface area contributed by atoms with Gasteiger partial charge in [-0.05, 0) is 13.8 Å². The molecule has 0 aliphatic rings. The number of amides is 2. The lowest BCUT2D eigenvalue weighted by atomic mass is 9.96. The molecule has 0 aromatic heterocycles. The summed E-state index contributed by atoms with van der Waals surface area (Å²) in [6.45, 7) is 9.11. The highest BCUT2D eigenvalue weighted by Crippen LogP contribution is 2.12. The van der Waals surface area contributed by atoms with E-state index in [4.69, 9.17) is 5.11 Å². The molecule has 0 spiro atoms. The SMILES string of the molecule is CC(C)(CO)NC(=O)CCNC(=O)C(C)(C)C. The van der Waals surface area contributed by atoms with Gasteiger partial charge in [-0.1, -0.05) is 20.8 Å². The van der Waals surface area contributed by atoms with Gasteiger partial charge in [0.2, 0.25) is 11.8 Å². The standard InChI is InChI=1S/C12H24N2O3/c1-11(2,3)10(17)13-7-6-9(16)14-12(4,5)8-15/h15H,6-8H2,1-5H3,(H,13,17)(H,14,16). The Balaban J connectivity index is 3.92. The fraction of sp³-hybridized carbons (Fsp3) is 0.833. The zero-order valence-electron chi connectivity index (χ0n) is 11.4. The van der Waals surface area contributed by atoms with Crippen molar-refractivity contribution in [1.29, 1.82) is 0 Å². The first-order valence-corrected chi connectivity index (χ1v) is 5.79. The molecular formula is C12H24N2O3. The Labute approximate surface area is 103 Å². The Morgan fingerprint density at radius 1 is 1.12 bits per heavy atom. The Hall–Kier alpha value is -1.10. The Morgan fingerprint density at radius 2 is 1.65 bits per heavy atom. The Morgan fingerprint density at radius 3 is 2.06 bits per heavy atom. The van der Waals surface area contributed by atoms with Crippen LogP contribution in [0.25, 0.3) is 0 Å². The smallest absolute Gasteiger partial charge is 0.225 e. The maximum Gasteiger partial charge on any atom is 0.225 e. The van der Waals surface area contributed by atoms with Crippen LogP contribution in [-0.4, -0.2) is 35.6 Å². The van der Waals surface area contributed by atoms with Crippen LogP contribution >= 0.6 is 0 Å². The lowest BCUT2D eigenvalue weighted by Crippen LogP contribution is -2.47. The predicted octanol–water partition coefficient (Wildman–Crippen LogP) is 0.426. The fourth-order valence-corrected chi connectivity index (χ4v) is 1.03. The van der Waals surface area contributed by atoms with E-state index >= 15 is 0 Å². The maximum atomic E-state index is 11.5. The van der Waals surface area contributed by atoms with Gasteiger partial charge in [-0.3, -0.25) is 9.59 Å². The molecule has 0 aliphatic heterocycles. The van der Waals surface area contributed by atoms with Crippen molar-refractivity contribution >= 4 is 11.8 Å². The molecule has 100 valence electrons. The monoisotopic (exact) mass is 244 g/mol. The summed E-state index contributed by atoms with van der Waals surface area (Å²) in [6.07, 6.45) is 0.214. The van der Waals surface area contributed by atoms with Crippen molar-refractivity contribution in [2.24, 2.45) is 5.41 Å². The molecule has 5 heteroatoms. The molecule has 0 aromatic rings. The van der Waals surface area contributed by atoms with E-state index in [1.54, 1.807) is 13.8 Å². The molecule has 2 amide bonds. The second kappa shape index (κ2) is 6.00. The first kappa shape index (κ1) is 15.9. The van der Waals surface area contributed by atoms with E-state index < -0.39 is 11.0 Å². The molecule has 0 fully saturated rings. The number of aliphatic hydroxyl groups is 1. The molecule has 0 aromatic carbocycles. The molecule has 0 saturated heterocycles. The summed E-state index contributed by atoms with van der Waals surface area (Å²) >= 11 is 0. The van der Waals surface area contributed by atoms with Gasteiger partial charge in [0.25, 0.3) is 0 Å². The number of rotatable bonds is 5. The molecule has 0 aliphatic carbocycles. The minimum atomic E-state index is -0.620. The number of carbonyl (C=O) groups is 2. The van der Waals surface area contributed by atoms with Gasteiger partial charge in [-0.15, -0.1) is 0 Å². The highest BCUT2D eigenvalue weighted by atomic mass is 16.3.